The van der Waals surface area contributed by atoms with E-state index in [4.69, 9.17) is 4.74 Å². The number of sulfonamides is 1. The summed E-state index contributed by atoms with van der Waals surface area (Å²) in [5.41, 5.74) is 3.28. The van der Waals surface area contributed by atoms with Gasteiger partial charge in [-0.25, -0.2) is 8.42 Å². The molecule has 31 heavy (non-hydrogen) atoms. The van der Waals surface area contributed by atoms with Crippen LogP contribution >= 0.6 is 0 Å². The average molecular weight is 448 g/mol. The molecule has 7 nitrogen and oxygen atoms in total. The first-order chi connectivity index (χ1) is 14.6. The van der Waals surface area contributed by atoms with Gasteiger partial charge in [-0.3, -0.25) is 4.79 Å². The van der Waals surface area contributed by atoms with Crippen LogP contribution in [0.3, 0.4) is 0 Å². The van der Waals surface area contributed by atoms with Gasteiger partial charge in [-0.05, 0) is 44.0 Å². The smallest absolute Gasteiger partial charge is 0.244 e. The molecule has 0 saturated carbocycles. The number of carbonyl (C=O) groups is 1. The zero-order valence-corrected chi connectivity index (χ0v) is 19.9. The quantitative estimate of drug-likeness (QED) is 0.497. The number of hydrogen-bond donors (Lipinski definition) is 0. The first kappa shape index (κ1) is 24.8. The van der Waals surface area contributed by atoms with Crippen molar-refractivity contribution in [1.82, 2.24) is 13.8 Å². The van der Waals surface area contributed by atoms with Crippen LogP contribution in [0.25, 0.3) is 0 Å². The Hall–Kier alpha value is -2.42. The van der Waals surface area contributed by atoms with Crippen LogP contribution in [0.1, 0.15) is 22.4 Å². The Morgan fingerprint density at radius 2 is 1.87 bits per heavy atom. The predicted molar refractivity (Wildman–Crippen MR) is 122 cm³/mol. The van der Waals surface area contributed by atoms with Crippen LogP contribution in [0.15, 0.2) is 48.0 Å². The average Bonchev–Trinajstić information content (AvgIpc) is 3.08. The van der Waals surface area contributed by atoms with Crippen molar-refractivity contribution in [2.24, 2.45) is 7.05 Å². The van der Waals surface area contributed by atoms with Crippen LogP contribution in [-0.4, -0.2) is 61.4 Å². The molecule has 1 aromatic heterocycles. The van der Waals surface area contributed by atoms with Gasteiger partial charge in [-0.1, -0.05) is 23.8 Å². The molecule has 0 atom stereocenters. The fraction of sp³-hybridized carbons (Fsp3) is 0.435. The summed E-state index contributed by atoms with van der Waals surface area (Å²) in [6.45, 7) is 10.0. The van der Waals surface area contributed by atoms with Gasteiger partial charge in [0.25, 0.3) is 0 Å². The molecule has 0 aliphatic heterocycles. The van der Waals surface area contributed by atoms with E-state index in [1.807, 2.05) is 49.0 Å². The van der Waals surface area contributed by atoms with Gasteiger partial charge in [0, 0.05) is 39.1 Å². The first-order valence-corrected chi connectivity index (χ1v) is 11.6. The van der Waals surface area contributed by atoms with Crippen molar-refractivity contribution in [3.8, 4) is 0 Å². The first-order valence-electron chi connectivity index (χ1n) is 10.2. The van der Waals surface area contributed by atoms with Gasteiger partial charge in [0.1, 0.15) is 0 Å². The van der Waals surface area contributed by atoms with E-state index in [0.29, 0.717) is 30.8 Å². The van der Waals surface area contributed by atoms with Crippen molar-refractivity contribution in [2.45, 2.75) is 32.2 Å². The number of nitrogens with zero attached hydrogens (tertiary/aromatic N) is 3. The fourth-order valence-corrected chi connectivity index (χ4v) is 5.47. The van der Waals surface area contributed by atoms with Crippen LogP contribution in [-0.2, 0) is 33.1 Å². The molecule has 1 aromatic carbocycles. The monoisotopic (exact) mass is 447 g/mol. The van der Waals surface area contributed by atoms with Crippen LogP contribution in [0, 0.1) is 20.8 Å². The minimum Gasteiger partial charge on any atom is -0.383 e. The fourth-order valence-electron chi connectivity index (χ4n) is 3.69. The Kier molecular flexibility index (Phi) is 8.61. The summed E-state index contributed by atoms with van der Waals surface area (Å²) in [6, 6.07) is 7.53. The number of methoxy groups -OCH3 is 1. The molecular formula is C23H33N3O4S. The molecule has 2 aromatic rings. The van der Waals surface area contributed by atoms with Crippen molar-refractivity contribution in [3.05, 3.63) is 65.5 Å². The summed E-state index contributed by atoms with van der Waals surface area (Å²) in [5.74, 6) is -0.286. The number of carbonyl (C=O) groups excluding carboxylic acids is 1. The van der Waals surface area contributed by atoms with Crippen molar-refractivity contribution >= 4 is 15.9 Å². The minimum absolute atomic E-state index is 0.0447. The third-order valence-corrected chi connectivity index (χ3v) is 7.29. The maximum atomic E-state index is 13.5. The lowest BCUT2D eigenvalue weighted by Crippen LogP contribution is -2.44. The second-order valence-electron chi connectivity index (χ2n) is 7.73. The highest BCUT2D eigenvalue weighted by molar-refractivity contribution is 7.89. The van der Waals surface area contributed by atoms with E-state index in [9.17, 15) is 13.2 Å². The van der Waals surface area contributed by atoms with Gasteiger partial charge in [-0.2, -0.15) is 4.31 Å². The van der Waals surface area contributed by atoms with E-state index < -0.39 is 10.0 Å². The van der Waals surface area contributed by atoms with Gasteiger partial charge in [0.2, 0.25) is 15.9 Å². The molecule has 170 valence electrons. The maximum absolute atomic E-state index is 13.5. The van der Waals surface area contributed by atoms with Crippen LogP contribution in [0.4, 0.5) is 0 Å². The Bertz CT molecular complexity index is 1000. The zero-order chi connectivity index (χ0) is 23.2. The van der Waals surface area contributed by atoms with Crippen molar-refractivity contribution in [1.29, 1.82) is 0 Å². The lowest BCUT2D eigenvalue weighted by molar-refractivity contribution is -0.132. The number of ether oxygens (including phenoxy) is 1. The molecule has 1 heterocycles. The molecule has 0 unspecified atom stereocenters. The molecule has 0 saturated heterocycles. The lowest BCUT2D eigenvalue weighted by atomic mass is 10.1. The van der Waals surface area contributed by atoms with Gasteiger partial charge in [0.15, 0.2) is 0 Å². The summed E-state index contributed by atoms with van der Waals surface area (Å²) in [7, 11) is -0.402. The molecule has 0 aliphatic carbocycles. The van der Waals surface area contributed by atoms with Crippen LogP contribution in [0.5, 0.6) is 0 Å². The Balaban J connectivity index is 2.34. The van der Waals surface area contributed by atoms with E-state index in [1.54, 1.807) is 25.9 Å². The van der Waals surface area contributed by atoms with Gasteiger partial charge in [-0.15, -0.1) is 6.58 Å². The van der Waals surface area contributed by atoms with Crippen molar-refractivity contribution in [2.75, 3.05) is 33.4 Å². The number of aromatic nitrogens is 1. The number of hydrogen-bond acceptors (Lipinski definition) is 4. The third kappa shape index (κ3) is 6.06. The molecule has 0 bridgehead atoms. The number of amides is 1. The highest BCUT2D eigenvalue weighted by Gasteiger charge is 2.30. The largest absolute Gasteiger partial charge is 0.383 e. The van der Waals surface area contributed by atoms with Gasteiger partial charge < -0.3 is 14.2 Å². The molecule has 2 rings (SSSR count). The van der Waals surface area contributed by atoms with E-state index in [2.05, 4.69) is 6.58 Å². The highest BCUT2D eigenvalue weighted by Crippen LogP contribution is 2.25. The SMILES string of the molecule is C=CCN(CC(=O)N(CCOC)Cc1cccn1C)S(=O)(=O)c1c(C)cc(C)cc1C. The topological polar surface area (TPSA) is 71.8 Å². The number of benzene rings is 1. The predicted octanol–water partition coefficient (Wildman–Crippen LogP) is 2.80. The molecular weight excluding hydrogens is 414 g/mol. The number of aryl methyl sites for hydroxylation is 4. The molecule has 0 fully saturated rings. The molecule has 0 aliphatic rings. The van der Waals surface area contributed by atoms with E-state index in [0.717, 1.165) is 11.3 Å². The molecule has 0 spiro atoms. The lowest BCUT2D eigenvalue weighted by Gasteiger charge is -2.27. The van der Waals surface area contributed by atoms with Gasteiger partial charge >= 0.3 is 0 Å². The molecule has 0 N–H and O–H groups in total. The summed E-state index contributed by atoms with van der Waals surface area (Å²) >= 11 is 0. The van der Waals surface area contributed by atoms with Crippen LogP contribution in [0.2, 0.25) is 0 Å². The summed E-state index contributed by atoms with van der Waals surface area (Å²) in [4.78, 5) is 15.1. The zero-order valence-electron chi connectivity index (χ0n) is 19.1. The number of rotatable bonds is 11. The molecule has 8 heteroatoms. The van der Waals surface area contributed by atoms with Crippen molar-refractivity contribution < 1.29 is 17.9 Å². The van der Waals surface area contributed by atoms with E-state index in [1.165, 1.54) is 10.4 Å². The second kappa shape index (κ2) is 10.7. The standard InChI is InChI=1S/C23H33N3O4S/c1-7-10-26(31(28,29)23-19(3)14-18(2)15-20(23)4)17-22(27)25(12-13-30-6)16-21-9-8-11-24(21)5/h7-9,11,14-15H,1,10,12-13,16-17H2,2-6H3. The van der Waals surface area contributed by atoms with E-state index >= 15 is 0 Å². The Morgan fingerprint density at radius 3 is 2.39 bits per heavy atom. The minimum atomic E-state index is -3.88. The summed E-state index contributed by atoms with van der Waals surface area (Å²) < 4.78 is 35.3. The molecule has 0 radical (unpaired) electrons. The summed E-state index contributed by atoms with van der Waals surface area (Å²) in [5, 5.41) is 0. The van der Waals surface area contributed by atoms with E-state index in [-0.39, 0.29) is 23.9 Å². The van der Waals surface area contributed by atoms with Crippen LogP contribution < -0.4 is 0 Å². The molecule has 1 amide bonds. The normalized spacial score (nSPS) is 11.7. The van der Waals surface area contributed by atoms with Crippen molar-refractivity contribution in [3.63, 3.8) is 0 Å². The Labute approximate surface area is 186 Å². The second-order valence-corrected chi connectivity index (χ2v) is 9.61. The van der Waals surface area contributed by atoms with Gasteiger partial charge in [0.05, 0.1) is 24.6 Å². The Morgan fingerprint density at radius 1 is 1.23 bits per heavy atom. The maximum Gasteiger partial charge on any atom is 0.244 e. The summed E-state index contributed by atoms with van der Waals surface area (Å²) in [6.07, 6.45) is 3.41. The highest BCUT2D eigenvalue weighted by atomic mass is 32.2. The third-order valence-electron chi connectivity index (χ3n) is 5.17.